The molecule has 5 nitrogen and oxygen atoms in total. The normalized spacial score (nSPS) is 22.7. The van der Waals surface area contributed by atoms with Gasteiger partial charge in [-0.3, -0.25) is 4.74 Å². The molecule has 0 bridgehead atoms. The number of halogens is 10. The molecule has 3 aliphatic rings. The Kier molecular flexibility index (Phi) is 15.6. The van der Waals surface area contributed by atoms with Gasteiger partial charge < -0.3 is 18.9 Å². The van der Waals surface area contributed by atoms with Crippen LogP contribution in [0.25, 0.3) is 0 Å². The van der Waals surface area contributed by atoms with Gasteiger partial charge >= 0.3 is 24.0 Å². The van der Waals surface area contributed by atoms with Crippen molar-refractivity contribution >= 4 is 0 Å². The molecule has 0 atom stereocenters. The fraction of sp³-hybridized carbons (Fsp3) is 0.697. The topological polar surface area (TPSA) is 46.2 Å². The van der Waals surface area contributed by atoms with E-state index in [-0.39, 0.29) is 5.57 Å². The molecule has 48 heavy (non-hydrogen) atoms. The Morgan fingerprint density at radius 3 is 1.23 bits per heavy atom. The molecular weight excluding hydrogens is 666 g/mol. The van der Waals surface area contributed by atoms with Crippen molar-refractivity contribution in [2.24, 2.45) is 5.41 Å². The van der Waals surface area contributed by atoms with Crippen LogP contribution in [0.3, 0.4) is 0 Å². The van der Waals surface area contributed by atoms with Gasteiger partial charge in [0.05, 0.1) is 16.9 Å². The molecule has 3 rings (SSSR count). The monoisotopic (exact) mass is 716 g/mol. The highest BCUT2D eigenvalue weighted by atomic mass is 19.3. The fourth-order valence-corrected chi connectivity index (χ4v) is 3.66. The van der Waals surface area contributed by atoms with Crippen molar-refractivity contribution in [1.82, 2.24) is 0 Å². The number of rotatable bonds is 3. The second-order valence-electron chi connectivity index (χ2n) is 13.6. The Labute approximate surface area is 277 Å². The summed E-state index contributed by atoms with van der Waals surface area (Å²) >= 11 is 0. The van der Waals surface area contributed by atoms with Gasteiger partial charge in [0.2, 0.25) is 5.79 Å². The van der Waals surface area contributed by atoms with E-state index in [2.05, 4.69) is 29.2 Å². The average molecular weight is 717 g/mol. The SMILES string of the molecule is C=C(C)OC(C)(C)CF.C=C1OC(C)(C)C(C)(C)C1(F)F.C=C1OC(C)(C)OC1(F)F.CC(F)=C(F)F.CC1=C(C)C(F)(F)C(C)(C)O1. The Hall–Kier alpha value is -2.84. The van der Waals surface area contributed by atoms with Crippen molar-refractivity contribution in [1.29, 1.82) is 0 Å². The summed E-state index contributed by atoms with van der Waals surface area (Å²) in [6.45, 7) is 29.9. The van der Waals surface area contributed by atoms with Gasteiger partial charge in [-0.2, -0.15) is 35.1 Å². The molecular formula is C33H50F10O5. The van der Waals surface area contributed by atoms with E-state index in [0.29, 0.717) is 18.4 Å². The van der Waals surface area contributed by atoms with Gasteiger partial charge in [0, 0.05) is 19.4 Å². The Bertz CT molecular complexity index is 1210. The van der Waals surface area contributed by atoms with Crippen LogP contribution >= 0.6 is 0 Å². The Morgan fingerprint density at radius 2 is 1.15 bits per heavy atom. The van der Waals surface area contributed by atoms with E-state index < -0.39 is 76.1 Å². The van der Waals surface area contributed by atoms with E-state index in [1.54, 1.807) is 41.5 Å². The lowest BCUT2D eigenvalue weighted by Gasteiger charge is -2.34. The zero-order valence-electron chi connectivity index (χ0n) is 30.1. The van der Waals surface area contributed by atoms with Crippen LogP contribution in [0, 0.1) is 5.41 Å². The average Bonchev–Trinajstić information content (AvgIpc) is 3.19. The van der Waals surface area contributed by atoms with Crippen LogP contribution in [0.15, 0.2) is 60.3 Å². The molecule has 15 heteroatoms. The van der Waals surface area contributed by atoms with E-state index in [1.807, 2.05) is 0 Å². The van der Waals surface area contributed by atoms with Crippen molar-refractivity contribution in [3.8, 4) is 0 Å². The van der Waals surface area contributed by atoms with Gasteiger partial charge in [0.1, 0.15) is 17.9 Å². The van der Waals surface area contributed by atoms with E-state index >= 15 is 0 Å². The van der Waals surface area contributed by atoms with Gasteiger partial charge in [-0.1, -0.05) is 19.7 Å². The van der Waals surface area contributed by atoms with E-state index in [9.17, 15) is 43.9 Å². The first kappa shape index (κ1) is 47.3. The van der Waals surface area contributed by atoms with Crippen LogP contribution in [-0.2, 0) is 23.7 Å². The lowest BCUT2D eigenvalue weighted by Crippen LogP contribution is -2.44. The third kappa shape index (κ3) is 12.2. The molecule has 3 aliphatic heterocycles. The summed E-state index contributed by atoms with van der Waals surface area (Å²) in [4.78, 5) is 0. The van der Waals surface area contributed by atoms with E-state index in [1.165, 1.54) is 48.5 Å². The zero-order chi connectivity index (χ0) is 39.3. The predicted molar refractivity (Wildman–Crippen MR) is 164 cm³/mol. The maximum atomic E-state index is 13.4. The first-order valence-electron chi connectivity index (χ1n) is 14.4. The van der Waals surface area contributed by atoms with Crippen molar-refractivity contribution in [3.63, 3.8) is 0 Å². The summed E-state index contributed by atoms with van der Waals surface area (Å²) in [5.41, 5.74) is -4.08. The van der Waals surface area contributed by atoms with Gasteiger partial charge in [0.15, 0.2) is 22.9 Å². The molecule has 0 aromatic carbocycles. The van der Waals surface area contributed by atoms with Crippen molar-refractivity contribution in [3.05, 3.63) is 60.3 Å². The number of allylic oxidation sites excluding steroid dienone is 4. The number of hydrogen-bond donors (Lipinski definition) is 0. The summed E-state index contributed by atoms with van der Waals surface area (Å²) in [7, 11) is 0. The molecule has 0 aliphatic carbocycles. The van der Waals surface area contributed by atoms with Crippen LogP contribution in [0.1, 0.15) is 96.9 Å². The van der Waals surface area contributed by atoms with E-state index in [4.69, 9.17) is 14.2 Å². The highest BCUT2D eigenvalue weighted by molar-refractivity contribution is 5.25. The third-order valence-electron chi connectivity index (χ3n) is 7.28. The minimum atomic E-state index is -3.33. The smallest absolute Gasteiger partial charge is 0.417 e. The summed E-state index contributed by atoms with van der Waals surface area (Å²) in [6, 6.07) is 0. The van der Waals surface area contributed by atoms with Crippen LogP contribution in [0.5, 0.6) is 0 Å². The zero-order valence-corrected chi connectivity index (χ0v) is 30.1. The molecule has 0 spiro atoms. The number of alkyl halides is 7. The Balaban J connectivity index is 0. The van der Waals surface area contributed by atoms with Crippen LogP contribution in [-0.4, -0.2) is 47.2 Å². The molecule has 0 unspecified atom stereocenters. The van der Waals surface area contributed by atoms with Crippen molar-refractivity contribution in [2.45, 2.75) is 137 Å². The molecule has 2 fully saturated rings. The standard InChI is InChI=1S/C9H14F2O.C8H12F2O.C7H13FO.C6H8F2O2.C3H3F3/c1-6-9(10,11)7(2,3)8(4,5)12-6;1-5-6(2)11-7(3,4)8(5,9)10;1-6(2)9-7(3,4)5-8;1-4-6(7,8)10-5(2,3)9-4;1-2(4)3(5)6/h1H2,2-5H3;1-4H3;1,5H2,2-4H3;1H2,2-3H3;1H3. The first-order valence-corrected chi connectivity index (χ1v) is 14.4. The van der Waals surface area contributed by atoms with Gasteiger partial charge in [0.25, 0.3) is 0 Å². The largest absolute Gasteiger partial charge is 0.490 e. The summed E-state index contributed by atoms with van der Waals surface area (Å²) in [6.07, 6.45) is -5.57. The third-order valence-corrected chi connectivity index (χ3v) is 7.28. The highest BCUT2D eigenvalue weighted by Crippen LogP contribution is 2.57. The van der Waals surface area contributed by atoms with Crippen LogP contribution in [0.2, 0.25) is 0 Å². The van der Waals surface area contributed by atoms with Gasteiger partial charge in [-0.25, -0.2) is 8.78 Å². The quantitative estimate of drug-likeness (QED) is 0.215. The molecule has 0 aromatic rings. The highest BCUT2D eigenvalue weighted by Gasteiger charge is 2.65. The lowest BCUT2D eigenvalue weighted by atomic mass is 9.74. The van der Waals surface area contributed by atoms with Gasteiger partial charge in [-0.05, 0) is 83.1 Å². The number of hydrogen-bond acceptors (Lipinski definition) is 5. The molecule has 0 N–H and O–H groups in total. The minimum Gasteiger partial charge on any atom is -0.490 e. The second-order valence-corrected chi connectivity index (χ2v) is 13.6. The van der Waals surface area contributed by atoms with Crippen molar-refractivity contribution in [2.75, 3.05) is 6.67 Å². The number of ether oxygens (including phenoxy) is 5. The van der Waals surface area contributed by atoms with E-state index in [0.717, 1.165) is 0 Å². The molecule has 0 amide bonds. The molecule has 2 saturated heterocycles. The maximum Gasteiger partial charge on any atom is 0.417 e. The van der Waals surface area contributed by atoms with Crippen molar-refractivity contribution < 1.29 is 67.6 Å². The Morgan fingerprint density at radius 1 is 0.729 bits per heavy atom. The molecule has 282 valence electrons. The molecule has 3 heterocycles. The molecule has 0 saturated carbocycles. The lowest BCUT2D eigenvalue weighted by molar-refractivity contribution is -0.251. The van der Waals surface area contributed by atoms with Crippen LogP contribution < -0.4 is 0 Å². The maximum absolute atomic E-state index is 13.4. The minimum absolute atomic E-state index is 0.0440. The second kappa shape index (κ2) is 15.8. The molecule has 0 radical (unpaired) electrons. The summed E-state index contributed by atoms with van der Waals surface area (Å²) in [5, 5.41) is 0. The predicted octanol–water partition coefficient (Wildman–Crippen LogP) is 11.9. The summed E-state index contributed by atoms with van der Waals surface area (Å²) < 4.78 is 146. The van der Waals surface area contributed by atoms with Gasteiger partial charge in [-0.15, -0.1) is 0 Å². The summed E-state index contributed by atoms with van der Waals surface area (Å²) in [5.74, 6) is -8.56. The fourth-order valence-electron chi connectivity index (χ4n) is 3.66. The first-order chi connectivity index (χ1) is 20.9. The van der Waals surface area contributed by atoms with Crippen LogP contribution in [0.4, 0.5) is 43.9 Å². The molecule has 0 aromatic heterocycles.